The van der Waals surface area contributed by atoms with Crippen LogP contribution in [0.1, 0.15) is 4.88 Å². The number of nitrogens with zero attached hydrogens (tertiary/aromatic N) is 2. The summed E-state index contributed by atoms with van der Waals surface area (Å²) in [6, 6.07) is 18.3. The maximum Gasteiger partial charge on any atom is 0.0729 e. The molecule has 1 fully saturated rings. The van der Waals surface area contributed by atoms with E-state index < -0.39 is 0 Å². The molecule has 0 saturated carbocycles. The van der Waals surface area contributed by atoms with Gasteiger partial charge < -0.3 is 10.1 Å². The zero-order chi connectivity index (χ0) is 21.9. The highest BCUT2D eigenvalue weighted by Gasteiger charge is 2.12. The zero-order valence-corrected chi connectivity index (χ0v) is 19.8. The van der Waals surface area contributed by atoms with Crippen molar-refractivity contribution in [2.24, 2.45) is 0 Å². The van der Waals surface area contributed by atoms with Crippen molar-refractivity contribution in [1.29, 1.82) is 0 Å². The molecular weight excluding hydrogens is 461 g/mol. The molecule has 0 unspecified atom stereocenters. The van der Waals surface area contributed by atoms with E-state index >= 15 is 0 Å². The molecule has 2 aromatic heterocycles. The molecule has 5 rings (SSSR count). The maximum absolute atomic E-state index is 6.34. The number of aromatic nitrogens is 1. The van der Waals surface area contributed by atoms with Crippen molar-refractivity contribution in [1.82, 2.24) is 9.88 Å². The van der Waals surface area contributed by atoms with Crippen LogP contribution >= 0.6 is 34.5 Å². The Morgan fingerprint density at radius 2 is 1.84 bits per heavy atom. The number of fused-ring (bicyclic) bond motifs is 1. The van der Waals surface area contributed by atoms with Crippen LogP contribution in [0.3, 0.4) is 0 Å². The average Bonchev–Trinajstić information content (AvgIpc) is 3.29. The van der Waals surface area contributed by atoms with Crippen LogP contribution in [-0.2, 0) is 11.2 Å². The number of rotatable bonds is 6. The summed E-state index contributed by atoms with van der Waals surface area (Å²) in [4.78, 5) is 9.76. The summed E-state index contributed by atoms with van der Waals surface area (Å²) in [5.41, 5.74) is 3.91. The highest BCUT2D eigenvalue weighted by molar-refractivity contribution is 7.15. The Bertz CT molecular complexity index is 1240. The second-order valence-electron chi connectivity index (χ2n) is 7.81. The van der Waals surface area contributed by atoms with Gasteiger partial charge in [0.05, 0.1) is 29.4 Å². The van der Waals surface area contributed by atoms with Gasteiger partial charge in [0.25, 0.3) is 0 Å². The fourth-order valence-corrected chi connectivity index (χ4v) is 5.36. The maximum atomic E-state index is 6.34. The van der Waals surface area contributed by atoms with Crippen LogP contribution in [0.15, 0.2) is 60.8 Å². The van der Waals surface area contributed by atoms with Gasteiger partial charge in [-0.05, 0) is 54.4 Å². The number of hydrogen-bond donors (Lipinski definition) is 1. The lowest BCUT2D eigenvalue weighted by molar-refractivity contribution is 0.0385. The molecule has 0 aliphatic carbocycles. The van der Waals surface area contributed by atoms with E-state index in [0.29, 0.717) is 10.0 Å². The molecule has 32 heavy (non-hydrogen) atoms. The van der Waals surface area contributed by atoms with Crippen molar-refractivity contribution in [3.63, 3.8) is 0 Å². The van der Waals surface area contributed by atoms with E-state index in [4.69, 9.17) is 27.9 Å². The van der Waals surface area contributed by atoms with Crippen molar-refractivity contribution in [3.8, 4) is 10.4 Å². The number of halogens is 2. The molecule has 1 aliphatic rings. The van der Waals surface area contributed by atoms with E-state index in [1.165, 1.54) is 15.3 Å². The number of thiophene rings is 1. The number of benzene rings is 2. The first-order valence-electron chi connectivity index (χ1n) is 10.7. The molecule has 4 nitrogen and oxygen atoms in total. The number of hydrogen-bond acceptors (Lipinski definition) is 5. The molecular formula is C25H23Cl2N3OS. The van der Waals surface area contributed by atoms with E-state index in [1.807, 2.05) is 35.7 Å². The first kappa shape index (κ1) is 21.7. The normalized spacial score (nSPS) is 14.7. The summed E-state index contributed by atoms with van der Waals surface area (Å²) in [5, 5.41) is 5.66. The smallest absolute Gasteiger partial charge is 0.0729 e. The quantitative estimate of drug-likeness (QED) is 0.324. The summed E-state index contributed by atoms with van der Waals surface area (Å²) in [6.07, 6.45) is 2.90. The van der Waals surface area contributed by atoms with Gasteiger partial charge in [0.2, 0.25) is 0 Å². The molecule has 2 aromatic carbocycles. The SMILES string of the molecule is Clc1ccc(Nc2ccnc3cc(-c4ccc(CCN5CCOCC5)s4)ccc23)c(Cl)c1. The highest BCUT2D eigenvalue weighted by Crippen LogP contribution is 2.34. The molecule has 1 aliphatic heterocycles. The van der Waals surface area contributed by atoms with Crippen LogP contribution in [-0.4, -0.2) is 42.7 Å². The molecule has 0 bridgehead atoms. The fraction of sp³-hybridized carbons (Fsp3) is 0.240. The first-order valence-corrected chi connectivity index (χ1v) is 12.2. The lowest BCUT2D eigenvalue weighted by atomic mass is 10.1. The summed E-state index contributed by atoms with van der Waals surface area (Å²) < 4.78 is 5.44. The Kier molecular flexibility index (Phi) is 6.62. The molecule has 1 saturated heterocycles. The number of anilines is 2. The van der Waals surface area contributed by atoms with Crippen molar-refractivity contribution in [2.75, 3.05) is 38.2 Å². The van der Waals surface area contributed by atoms with Gasteiger partial charge in [-0.15, -0.1) is 11.3 Å². The second kappa shape index (κ2) is 9.77. The Morgan fingerprint density at radius 1 is 0.969 bits per heavy atom. The van der Waals surface area contributed by atoms with Gasteiger partial charge in [0.15, 0.2) is 0 Å². The molecule has 0 spiro atoms. The Hall–Kier alpha value is -2.15. The fourth-order valence-electron chi connectivity index (χ4n) is 3.91. The minimum atomic E-state index is 0.585. The summed E-state index contributed by atoms with van der Waals surface area (Å²) in [6.45, 7) is 4.85. The third-order valence-electron chi connectivity index (χ3n) is 5.67. The lowest BCUT2D eigenvalue weighted by Crippen LogP contribution is -2.37. The largest absolute Gasteiger partial charge is 0.379 e. The van der Waals surface area contributed by atoms with Gasteiger partial charge in [-0.3, -0.25) is 9.88 Å². The van der Waals surface area contributed by atoms with Crippen LogP contribution in [0, 0.1) is 0 Å². The van der Waals surface area contributed by atoms with Crippen molar-refractivity contribution >= 4 is 56.8 Å². The monoisotopic (exact) mass is 483 g/mol. The van der Waals surface area contributed by atoms with Gasteiger partial charge in [-0.1, -0.05) is 35.3 Å². The van der Waals surface area contributed by atoms with Crippen molar-refractivity contribution in [2.45, 2.75) is 6.42 Å². The standard InChI is InChI=1S/C25H23Cl2N3OS/c26-18-2-5-23(21(27)16-18)29-22-7-9-28-24-15-17(1-4-20(22)24)25-6-3-19(32-25)8-10-30-11-13-31-14-12-30/h1-7,9,15-16H,8,10-14H2,(H,28,29). The molecule has 7 heteroatoms. The zero-order valence-electron chi connectivity index (χ0n) is 17.5. The third-order valence-corrected chi connectivity index (χ3v) is 7.41. The number of morpholine rings is 1. The number of nitrogens with one attached hydrogen (secondary N) is 1. The van der Waals surface area contributed by atoms with Crippen LogP contribution in [0.25, 0.3) is 21.3 Å². The Morgan fingerprint density at radius 3 is 2.69 bits per heavy atom. The van der Waals surface area contributed by atoms with Crippen LogP contribution < -0.4 is 5.32 Å². The predicted molar refractivity (Wildman–Crippen MR) is 136 cm³/mol. The molecule has 1 N–H and O–H groups in total. The molecule has 3 heterocycles. The minimum Gasteiger partial charge on any atom is -0.379 e. The van der Waals surface area contributed by atoms with E-state index in [0.717, 1.165) is 61.5 Å². The van der Waals surface area contributed by atoms with E-state index in [1.54, 1.807) is 6.07 Å². The summed E-state index contributed by atoms with van der Waals surface area (Å²) in [5.74, 6) is 0. The lowest BCUT2D eigenvalue weighted by Gasteiger charge is -2.26. The van der Waals surface area contributed by atoms with Crippen LogP contribution in [0.5, 0.6) is 0 Å². The highest BCUT2D eigenvalue weighted by atomic mass is 35.5. The van der Waals surface area contributed by atoms with Gasteiger partial charge in [0, 0.05) is 51.7 Å². The third kappa shape index (κ3) is 4.92. The Balaban J connectivity index is 1.34. The molecule has 4 aromatic rings. The topological polar surface area (TPSA) is 37.4 Å². The summed E-state index contributed by atoms with van der Waals surface area (Å²) >= 11 is 14.2. The number of ether oxygens (including phenoxy) is 1. The van der Waals surface area contributed by atoms with E-state index in [-0.39, 0.29) is 0 Å². The van der Waals surface area contributed by atoms with E-state index in [2.05, 4.69) is 45.5 Å². The molecule has 0 radical (unpaired) electrons. The van der Waals surface area contributed by atoms with Gasteiger partial charge in [-0.2, -0.15) is 0 Å². The van der Waals surface area contributed by atoms with Crippen LogP contribution in [0.4, 0.5) is 11.4 Å². The molecule has 0 amide bonds. The van der Waals surface area contributed by atoms with Crippen molar-refractivity contribution < 1.29 is 4.74 Å². The average molecular weight is 484 g/mol. The van der Waals surface area contributed by atoms with Gasteiger partial charge >= 0.3 is 0 Å². The Labute approximate surface area is 201 Å². The summed E-state index contributed by atoms with van der Waals surface area (Å²) in [7, 11) is 0. The minimum absolute atomic E-state index is 0.585. The first-order chi connectivity index (χ1) is 15.7. The molecule has 0 atom stereocenters. The predicted octanol–water partition coefficient (Wildman–Crippen LogP) is 6.89. The second-order valence-corrected chi connectivity index (χ2v) is 9.82. The van der Waals surface area contributed by atoms with E-state index in [9.17, 15) is 0 Å². The molecule has 164 valence electrons. The van der Waals surface area contributed by atoms with Gasteiger partial charge in [0.1, 0.15) is 0 Å². The number of pyridine rings is 1. The van der Waals surface area contributed by atoms with Gasteiger partial charge in [-0.25, -0.2) is 0 Å². The van der Waals surface area contributed by atoms with Crippen molar-refractivity contribution in [3.05, 3.63) is 75.7 Å². The van der Waals surface area contributed by atoms with Crippen LogP contribution in [0.2, 0.25) is 10.0 Å².